The van der Waals surface area contributed by atoms with Gasteiger partial charge in [-0.05, 0) is 44.7 Å². The van der Waals surface area contributed by atoms with E-state index in [1.807, 2.05) is 60.7 Å². The number of hydrogen-bond acceptors (Lipinski definition) is 8. The molecule has 0 saturated carbocycles. The van der Waals surface area contributed by atoms with Crippen LogP contribution in [0.5, 0.6) is 0 Å². The second kappa shape index (κ2) is 15.5. The first-order valence-corrected chi connectivity index (χ1v) is 14.3. The zero-order valence-corrected chi connectivity index (χ0v) is 25.6. The number of benzene rings is 2. The van der Waals surface area contributed by atoms with Gasteiger partial charge in [0.15, 0.2) is 5.60 Å². The molecule has 2 unspecified atom stereocenters. The molecule has 7 N–H and O–H groups in total. The molecule has 0 aliphatic carbocycles. The lowest BCUT2D eigenvalue weighted by Gasteiger charge is -2.39. The van der Waals surface area contributed by atoms with Gasteiger partial charge in [-0.1, -0.05) is 81.4 Å². The lowest BCUT2D eigenvalue weighted by molar-refractivity contribution is -0.160. The molecular weight excluding hydrogens is 538 g/mol. The predicted molar refractivity (Wildman–Crippen MR) is 162 cm³/mol. The zero-order valence-electron chi connectivity index (χ0n) is 25.6. The molecule has 0 saturated heterocycles. The largest absolute Gasteiger partial charge is 0.444 e. The molecule has 0 aromatic heterocycles. The monoisotopic (exact) mass is 587 g/mol. The molecule has 234 valence electrons. The molecule has 10 nitrogen and oxygen atoms in total. The first kappa shape index (κ1) is 35.2. The van der Waals surface area contributed by atoms with Gasteiger partial charge in [0, 0.05) is 18.5 Å². The topological polar surface area (TPSA) is 160 Å². The van der Waals surface area contributed by atoms with Crippen molar-refractivity contribution in [1.29, 1.82) is 0 Å². The second-order valence-corrected chi connectivity index (χ2v) is 12.8. The third kappa shape index (κ3) is 11.0. The number of carbonyl (C=O) groups excluding carboxylic acids is 2. The first-order chi connectivity index (χ1) is 19.6. The number of rotatable bonds is 14. The molecule has 0 aliphatic heterocycles. The van der Waals surface area contributed by atoms with Crippen LogP contribution in [0, 0.1) is 5.41 Å². The van der Waals surface area contributed by atoms with E-state index in [4.69, 9.17) is 4.74 Å². The molecule has 0 spiro atoms. The van der Waals surface area contributed by atoms with Crippen LogP contribution in [0.1, 0.15) is 52.7 Å². The SMILES string of the molecule is CC(C)(C)OC(=O)N[C@@H](Cc1ccccc1)[C@@H](O)CNCC(O)[C@@H](Cc1ccccc1)NC(=O)C(O)(CO)C(C)(C)C. The third-order valence-corrected chi connectivity index (χ3v) is 7.10. The molecule has 0 fully saturated rings. The van der Waals surface area contributed by atoms with E-state index in [-0.39, 0.29) is 19.5 Å². The average Bonchev–Trinajstić information content (AvgIpc) is 2.91. The van der Waals surface area contributed by atoms with Crippen molar-refractivity contribution >= 4 is 12.0 Å². The molecule has 2 rings (SSSR count). The Labute approximate surface area is 249 Å². The Balaban J connectivity index is 2.12. The van der Waals surface area contributed by atoms with Crippen LogP contribution in [0.2, 0.25) is 0 Å². The molecule has 0 bridgehead atoms. The van der Waals surface area contributed by atoms with Crippen LogP contribution >= 0.6 is 0 Å². The Morgan fingerprint density at radius 3 is 1.57 bits per heavy atom. The number of alkyl carbamates (subject to hydrolysis) is 1. The van der Waals surface area contributed by atoms with Gasteiger partial charge in [-0.2, -0.15) is 0 Å². The van der Waals surface area contributed by atoms with Crippen molar-refractivity contribution in [1.82, 2.24) is 16.0 Å². The van der Waals surface area contributed by atoms with E-state index in [9.17, 15) is 30.0 Å². The molecule has 42 heavy (non-hydrogen) atoms. The second-order valence-electron chi connectivity index (χ2n) is 12.8. The molecule has 2 aromatic rings. The summed E-state index contributed by atoms with van der Waals surface area (Å²) in [5.41, 5.74) is -1.97. The van der Waals surface area contributed by atoms with E-state index in [1.54, 1.807) is 41.5 Å². The van der Waals surface area contributed by atoms with Gasteiger partial charge >= 0.3 is 6.09 Å². The minimum absolute atomic E-state index is 0.00753. The summed E-state index contributed by atoms with van der Waals surface area (Å²) in [6, 6.07) is 17.2. The van der Waals surface area contributed by atoms with Gasteiger partial charge in [-0.3, -0.25) is 4.79 Å². The number of aliphatic hydroxyl groups excluding tert-OH is 3. The van der Waals surface area contributed by atoms with Gasteiger partial charge in [-0.25, -0.2) is 4.79 Å². The molecule has 0 aliphatic rings. The zero-order chi connectivity index (χ0) is 31.6. The number of aliphatic hydroxyl groups is 4. The van der Waals surface area contributed by atoms with E-state index >= 15 is 0 Å². The summed E-state index contributed by atoms with van der Waals surface area (Å²) in [4.78, 5) is 25.7. The third-order valence-electron chi connectivity index (χ3n) is 7.10. The maximum atomic E-state index is 13.1. The van der Waals surface area contributed by atoms with Gasteiger partial charge in [0.05, 0.1) is 30.9 Å². The van der Waals surface area contributed by atoms with Crippen molar-refractivity contribution < 1.29 is 34.8 Å². The molecule has 0 heterocycles. The van der Waals surface area contributed by atoms with Crippen molar-refractivity contribution in [2.24, 2.45) is 5.41 Å². The van der Waals surface area contributed by atoms with Gasteiger partial charge in [0.2, 0.25) is 0 Å². The fourth-order valence-corrected chi connectivity index (χ4v) is 4.36. The van der Waals surface area contributed by atoms with Crippen molar-refractivity contribution in [3.05, 3.63) is 71.8 Å². The summed E-state index contributed by atoms with van der Waals surface area (Å²) < 4.78 is 5.38. The van der Waals surface area contributed by atoms with Crippen LogP contribution in [0.4, 0.5) is 4.79 Å². The van der Waals surface area contributed by atoms with Crippen LogP contribution in [-0.4, -0.2) is 87.6 Å². The predicted octanol–water partition coefficient (Wildman–Crippen LogP) is 1.93. The van der Waals surface area contributed by atoms with Gasteiger partial charge < -0.3 is 41.1 Å². The number of amides is 2. The standard InChI is InChI=1S/C32H49N3O7/c1-30(2,3)32(41,21-36)28(39)34-24(17-22-13-9-7-10-14-22)26(37)19-33-20-27(38)25(18-23-15-11-8-12-16-23)35-29(40)42-31(4,5)6/h7-16,24-27,33,36-38,41H,17-21H2,1-6H3,(H,34,39)(H,35,40)/t24-,25+,26?,27+,32?/m1/s1. The van der Waals surface area contributed by atoms with Gasteiger partial charge in [0.25, 0.3) is 5.91 Å². The Bertz CT molecular complexity index is 1100. The highest BCUT2D eigenvalue weighted by Crippen LogP contribution is 2.30. The van der Waals surface area contributed by atoms with Crippen molar-refractivity contribution in [2.75, 3.05) is 19.7 Å². The summed E-state index contributed by atoms with van der Waals surface area (Å²) in [5.74, 6) is -0.790. The van der Waals surface area contributed by atoms with Gasteiger partial charge in [-0.15, -0.1) is 0 Å². The Morgan fingerprint density at radius 2 is 1.19 bits per heavy atom. The minimum Gasteiger partial charge on any atom is -0.444 e. The normalized spacial score (nSPS) is 16.4. The Kier molecular flexibility index (Phi) is 12.9. The molecule has 5 atom stereocenters. The summed E-state index contributed by atoms with van der Waals surface area (Å²) in [5, 5.41) is 51.5. The minimum atomic E-state index is -2.07. The number of hydrogen-bond donors (Lipinski definition) is 7. The van der Waals surface area contributed by atoms with Gasteiger partial charge in [0.1, 0.15) is 5.60 Å². The highest BCUT2D eigenvalue weighted by molar-refractivity contribution is 5.86. The molecule has 0 radical (unpaired) electrons. The average molecular weight is 588 g/mol. The van der Waals surface area contributed by atoms with Crippen LogP contribution in [-0.2, 0) is 22.4 Å². The fourth-order valence-electron chi connectivity index (χ4n) is 4.36. The number of nitrogens with one attached hydrogen (secondary N) is 3. The van der Waals surface area contributed by atoms with E-state index in [0.29, 0.717) is 6.42 Å². The van der Waals surface area contributed by atoms with Crippen LogP contribution < -0.4 is 16.0 Å². The van der Waals surface area contributed by atoms with E-state index in [0.717, 1.165) is 11.1 Å². The van der Waals surface area contributed by atoms with Crippen molar-refractivity contribution in [3.8, 4) is 0 Å². The highest BCUT2D eigenvalue weighted by atomic mass is 16.6. The molecule has 2 aromatic carbocycles. The lowest BCUT2D eigenvalue weighted by atomic mass is 9.76. The fraction of sp³-hybridized carbons (Fsp3) is 0.562. The van der Waals surface area contributed by atoms with Crippen molar-refractivity contribution in [2.45, 2.75) is 89.9 Å². The quantitative estimate of drug-likeness (QED) is 0.177. The number of carbonyl (C=O) groups is 2. The van der Waals surface area contributed by atoms with Crippen LogP contribution in [0.15, 0.2) is 60.7 Å². The van der Waals surface area contributed by atoms with Crippen LogP contribution in [0.3, 0.4) is 0 Å². The van der Waals surface area contributed by atoms with E-state index < -0.39 is 59.5 Å². The van der Waals surface area contributed by atoms with E-state index in [1.165, 1.54) is 0 Å². The summed E-state index contributed by atoms with van der Waals surface area (Å²) in [7, 11) is 0. The summed E-state index contributed by atoms with van der Waals surface area (Å²) >= 11 is 0. The Morgan fingerprint density at radius 1 is 0.762 bits per heavy atom. The lowest BCUT2D eigenvalue weighted by Crippen LogP contribution is -2.62. The Hall–Kier alpha value is -3.02. The summed E-state index contributed by atoms with van der Waals surface area (Å²) in [6.45, 7) is 9.44. The molecular formula is C32H49N3O7. The van der Waals surface area contributed by atoms with E-state index in [2.05, 4.69) is 16.0 Å². The maximum absolute atomic E-state index is 13.1. The maximum Gasteiger partial charge on any atom is 0.407 e. The molecule has 2 amide bonds. The number of ether oxygens (including phenoxy) is 1. The van der Waals surface area contributed by atoms with Crippen LogP contribution in [0.25, 0.3) is 0 Å². The molecule has 10 heteroatoms. The summed E-state index contributed by atoms with van der Waals surface area (Å²) in [6.07, 6.45) is -2.18. The van der Waals surface area contributed by atoms with Crippen molar-refractivity contribution in [3.63, 3.8) is 0 Å². The first-order valence-electron chi connectivity index (χ1n) is 14.3. The highest BCUT2D eigenvalue weighted by Gasteiger charge is 2.47. The smallest absolute Gasteiger partial charge is 0.407 e.